The Morgan fingerprint density at radius 3 is 2.33 bits per heavy atom. The Bertz CT molecular complexity index is 213. The van der Waals surface area contributed by atoms with Gasteiger partial charge in [0.15, 0.2) is 0 Å². The van der Waals surface area contributed by atoms with Crippen LogP contribution in [-0.4, -0.2) is 41.9 Å². The minimum Gasteiger partial charge on any atom is -0.318 e. The molecule has 0 spiro atoms. The van der Waals surface area contributed by atoms with Crippen LogP contribution in [0, 0.1) is 5.92 Å². The van der Waals surface area contributed by atoms with Crippen LogP contribution in [-0.2, 0) is 4.79 Å². The van der Waals surface area contributed by atoms with Gasteiger partial charge in [-0.1, -0.05) is 13.8 Å². The Balaban J connectivity index is 2.64. The summed E-state index contributed by atoms with van der Waals surface area (Å²) in [5.41, 5.74) is 0. The zero-order valence-electron chi connectivity index (χ0n) is 7.70. The molecule has 0 N–H and O–H groups in total. The fourth-order valence-electron chi connectivity index (χ4n) is 1.21. The monoisotopic (exact) mass is 170 g/mol. The maximum absolute atomic E-state index is 11.3. The first kappa shape index (κ1) is 9.03. The molecule has 1 aliphatic rings. The van der Waals surface area contributed by atoms with Crippen LogP contribution < -0.4 is 0 Å². The van der Waals surface area contributed by atoms with Crippen molar-refractivity contribution in [2.75, 3.05) is 20.1 Å². The summed E-state index contributed by atoms with van der Waals surface area (Å²) < 4.78 is 0. The predicted molar refractivity (Wildman–Crippen MR) is 44.6 cm³/mol. The fraction of sp³-hybridized carbons (Fsp3) is 0.750. The molecule has 4 heteroatoms. The van der Waals surface area contributed by atoms with E-state index in [1.54, 1.807) is 7.05 Å². The summed E-state index contributed by atoms with van der Waals surface area (Å²) in [6, 6.07) is -0.172. The average molecular weight is 170 g/mol. The van der Waals surface area contributed by atoms with Crippen molar-refractivity contribution in [3.05, 3.63) is 0 Å². The van der Waals surface area contributed by atoms with E-state index in [1.165, 1.54) is 9.80 Å². The van der Waals surface area contributed by atoms with Gasteiger partial charge in [0.2, 0.25) is 5.91 Å². The summed E-state index contributed by atoms with van der Waals surface area (Å²) in [6.45, 7) is 4.73. The molecule has 0 radical (unpaired) electrons. The van der Waals surface area contributed by atoms with Gasteiger partial charge in [0.25, 0.3) is 0 Å². The minimum absolute atomic E-state index is 0.0869. The van der Waals surface area contributed by atoms with Gasteiger partial charge in [0.05, 0.1) is 0 Å². The van der Waals surface area contributed by atoms with E-state index in [-0.39, 0.29) is 18.5 Å². The van der Waals surface area contributed by atoms with Crippen LogP contribution in [0.25, 0.3) is 0 Å². The number of carbonyl (C=O) groups is 2. The lowest BCUT2D eigenvalue weighted by Gasteiger charge is -2.15. The first-order valence-corrected chi connectivity index (χ1v) is 4.08. The van der Waals surface area contributed by atoms with Crippen molar-refractivity contribution in [1.29, 1.82) is 0 Å². The zero-order chi connectivity index (χ0) is 9.30. The second kappa shape index (κ2) is 3.13. The van der Waals surface area contributed by atoms with Gasteiger partial charge in [0.1, 0.15) is 6.54 Å². The molecular formula is C8H14N2O2. The van der Waals surface area contributed by atoms with E-state index < -0.39 is 0 Å². The normalized spacial score (nSPS) is 18.3. The van der Waals surface area contributed by atoms with Crippen LogP contribution in [0.1, 0.15) is 13.8 Å². The molecule has 0 unspecified atom stereocenters. The second-order valence-electron chi connectivity index (χ2n) is 3.54. The Morgan fingerprint density at radius 2 is 2.00 bits per heavy atom. The first-order valence-electron chi connectivity index (χ1n) is 4.08. The Hall–Kier alpha value is -1.06. The van der Waals surface area contributed by atoms with E-state index in [9.17, 15) is 9.59 Å². The van der Waals surface area contributed by atoms with Crippen molar-refractivity contribution < 1.29 is 9.59 Å². The topological polar surface area (TPSA) is 40.6 Å². The van der Waals surface area contributed by atoms with Gasteiger partial charge in [-0.25, -0.2) is 4.79 Å². The summed E-state index contributed by atoms with van der Waals surface area (Å²) >= 11 is 0. The molecule has 0 bridgehead atoms. The quantitative estimate of drug-likeness (QED) is 0.567. The smallest absolute Gasteiger partial charge is 0.318 e. The summed E-state index contributed by atoms with van der Waals surface area (Å²) in [5.74, 6) is 0.251. The van der Waals surface area contributed by atoms with Crippen LogP contribution in [0.15, 0.2) is 0 Å². The number of likely N-dealkylation sites (N-methyl/N-ethyl adjacent to an activating group) is 1. The predicted octanol–water partition coefficient (Wildman–Crippen LogP) is 0.536. The molecule has 68 valence electrons. The Kier molecular flexibility index (Phi) is 2.35. The molecule has 0 saturated carbocycles. The van der Waals surface area contributed by atoms with Gasteiger partial charge in [0, 0.05) is 13.6 Å². The molecule has 0 aliphatic carbocycles. The lowest BCUT2D eigenvalue weighted by atomic mass is 10.2. The minimum atomic E-state index is -0.172. The number of nitrogens with zero attached hydrogens (tertiary/aromatic N) is 2. The number of hydrogen-bond donors (Lipinski definition) is 0. The van der Waals surface area contributed by atoms with Gasteiger partial charge in [-0.15, -0.1) is 0 Å². The van der Waals surface area contributed by atoms with Gasteiger partial charge in [-0.05, 0) is 5.92 Å². The number of imide groups is 1. The van der Waals surface area contributed by atoms with E-state index in [0.29, 0.717) is 12.5 Å². The zero-order valence-corrected chi connectivity index (χ0v) is 7.70. The molecule has 0 atom stereocenters. The number of carbonyl (C=O) groups excluding carboxylic acids is 2. The van der Waals surface area contributed by atoms with Crippen LogP contribution in [0.4, 0.5) is 4.79 Å². The van der Waals surface area contributed by atoms with E-state index in [4.69, 9.17) is 0 Å². The van der Waals surface area contributed by atoms with Gasteiger partial charge in [-0.2, -0.15) is 0 Å². The molecule has 0 aromatic heterocycles. The van der Waals surface area contributed by atoms with Crippen LogP contribution >= 0.6 is 0 Å². The highest BCUT2D eigenvalue weighted by Crippen LogP contribution is 2.09. The maximum Gasteiger partial charge on any atom is 0.326 e. The number of hydrogen-bond acceptors (Lipinski definition) is 2. The second-order valence-corrected chi connectivity index (χ2v) is 3.54. The van der Waals surface area contributed by atoms with Gasteiger partial charge < -0.3 is 4.90 Å². The summed E-state index contributed by atoms with van der Waals surface area (Å²) in [4.78, 5) is 25.2. The summed E-state index contributed by atoms with van der Waals surface area (Å²) in [7, 11) is 1.64. The molecule has 3 amide bonds. The molecule has 12 heavy (non-hydrogen) atoms. The van der Waals surface area contributed by atoms with E-state index >= 15 is 0 Å². The molecule has 1 rings (SSSR count). The van der Waals surface area contributed by atoms with E-state index in [1.807, 2.05) is 13.8 Å². The summed E-state index contributed by atoms with van der Waals surface area (Å²) in [5, 5.41) is 0. The molecule has 1 fully saturated rings. The Morgan fingerprint density at radius 1 is 1.42 bits per heavy atom. The third-order valence-corrected chi connectivity index (χ3v) is 1.78. The molecular weight excluding hydrogens is 156 g/mol. The van der Waals surface area contributed by atoms with Crippen LogP contribution in [0.3, 0.4) is 0 Å². The van der Waals surface area contributed by atoms with Gasteiger partial charge >= 0.3 is 6.03 Å². The lowest BCUT2D eigenvalue weighted by Crippen LogP contribution is -2.34. The lowest BCUT2D eigenvalue weighted by molar-refractivity contribution is -0.125. The van der Waals surface area contributed by atoms with Crippen molar-refractivity contribution in [2.45, 2.75) is 13.8 Å². The largest absolute Gasteiger partial charge is 0.326 e. The number of urea groups is 1. The van der Waals surface area contributed by atoms with Crippen LogP contribution in [0.2, 0.25) is 0 Å². The fourth-order valence-corrected chi connectivity index (χ4v) is 1.21. The number of amides is 3. The number of rotatable bonds is 2. The molecule has 1 saturated heterocycles. The third-order valence-electron chi connectivity index (χ3n) is 1.78. The van der Waals surface area contributed by atoms with Crippen molar-refractivity contribution in [3.8, 4) is 0 Å². The van der Waals surface area contributed by atoms with Crippen molar-refractivity contribution in [1.82, 2.24) is 9.80 Å². The SMILES string of the molecule is CC(C)CN1C(=O)CN(C)C1=O. The highest BCUT2D eigenvalue weighted by atomic mass is 16.2. The van der Waals surface area contributed by atoms with E-state index in [0.717, 1.165) is 0 Å². The first-order chi connectivity index (χ1) is 5.52. The molecule has 1 aliphatic heterocycles. The molecule has 0 aromatic rings. The highest BCUT2D eigenvalue weighted by molar-refractivity contribution is 6.01. The van der Waals surface area contributed by atoms with Gasteiger partial charge in [-0.3, -0.25) is 9.69 Å². The van der Waals surface area contributed by atoms with Crippen molar-refractivity contribution in [3.63, 3.8) is 0 Å². The van der Waals surface area contributed by atoms with Crippen molar-refractivity contribution >= 4 is 11.9 Å². The Labute approximate surface area is 72.1 Å². The third kappa shape index (κ3) is 1.57. The molecule has 4 nitrogen and oxygen atoms in total. The van der Waals surface area contributed by atoms with E-state index in [2.05, 4.69) is 0 Å². The molecule has 1 heterocycles. The maximum atomic E-state index is 11.3. The highest BCUT2D eigenvalue weighted by Gasteiger charge is 2.33. The van der Waals surface area contributed by atoms with Crippen LogP contribution in [0.5, 0.6) is 0 Å². The van der Waals surface area contributed by atoms with Crippen molar-refractivity contribution in [2.24, 2.45) is 5.92 Å². The standard InChI is InChI=1S/C8H14N2O2/c1-6(2)4-10-7(11)5-9(3)8(10)12/h6H,4-5H2,1-3H3. The average Bonchev–Trinajstić information content (AvgIpc) is 2.16. The summed E-state index contributed by atoms with van der Waals surface area (Å²) in [6.07, 6.45) is 0. The molecule has 0 aromatic carbocycles.